The summed E-state index contributed by atoms with van der Waals surface area (Å²) in [7, 11) is 0. The van der Waals surface area contributed by atoms with E-state index in [0.29, 0.717) is 17.7 Å². The van der Waals surface area contributed by atoms with E-state index in [-0.39, 0.29) is 0 Å². The van der Waals surface area contributed by atoms with Crippen LogP contribution in [-0.4, -0.2) is 12.3 Å². The highest BCUT2D eigenvalue weighted by Gasteiger charge is 2.11. The fourth-order valence-electron chi connectivity index (χ4n) is 1.66. The summed E-state index contributed by atoms with van der Waals surface area (Å²) in [4.78, 5) is 21.8. The van der Waals surface area contributed by atoms with Crippen LogP contribution in [0.1, 0.15) is 23.6 Å². The number of carbonyl (C=O) groups excluding carboxylic acids is 2. The molecule has 0 radical (unpaired) electrons. The monoisotopic (exact) mass is 232 g/mol. The molecule has 1 rings (SSSR count). The van der Waals surface area contributed by atoms with E-state index in [9.17, 15) is 9.59 Å². The third kappa shape index (κ3) is 2.93. The van der Waals surface area contributed by atoms with Crippen molar-refractivity contribution in [2.24, 2.45) is 5.73 Å². The van der Waals surface area contributed by atoms with Crippen LogP contribution in [0.3, 0.4) is 0 Å². The number of benzene rings is 1. The van der Waals surface area contributed by atoms with Crippen LogP contribution < -0.4 is 11.1 Å². The molecular formula is C13H16N2O2. The summed E-state index contributed by atoms with van der Waals surface area (Å²) in [5.74, 6) is -0.547. The smallest absolute Gasteiger partial charge is 0.246 e. The zero-order valence-corrected chi connectivity index (χ0v) is 10.2. The fourth-order valence-corrected chi connectivity index (χ4v) is 1.66. The summed E-state index contributed by atoms with van der Waals surface area (Å²) in [5.41, 5.74) is 8.94. The third-order valence-corrected chi connectivity index (χ3v) is 2.60. The van der Waals surface area contributed by atoms with Crippen molar-refractivity contribution in [3.05, 3.63) is 40.5 Å². The summed E-state index contributed by atoms with van der Waals surface area (Å²) in [6.07, 6.45) is 0.543. The summed E-state index contributed by atoms with van der Waals surface area (Å²) in [6, 6.07) is 5.77. The number of hydrogen-bond donors (Lipinski definition) is 2. The Morgan fingerprint density at radius 3 is 2.47 bits per heavy atom. The second-order valence-corrected chi connectivity index (χ2v) is 3.94. The molecule has 0 atom stereocenters. The van der Waals surface area contributed by atoms with Crippen LogP contribution >= 0.6 is 0 Å². The number of nitrogens with one attached hydrogen (secondary N) is 1. The number of carbonyl (C=O) groups is 2. The van der Waals surface area contributed by atoms with Gasteiger partial charge in [0.2, 0.25) is 12.3 Å². The molecule has 0 spiro atoms. The largest absolute Gasteiger partial charge is 0.366 e. The first-order valence-corrected chi connectivity index (χ1v) is 5.26. The first-order valence-electron chi connectivity index (χ1n) is 5.26. The lowest BCUT2D eigenvalue weighted by molar-refractivity contribution is -0.114. The van der Waals surface area contributed by atoms with Crippen LogP contribution in [0.4, 0.5) is 0 Å². The average Bonchev–Trinajstić information content (AvgIpc) is 2.26. The van der Waals surface area contributed by atoms with Gasteiger partial charge in [-0.05, 0) is 26.3 Å². The van der Waals surface area contributed by atoms with E-state index >= 15 is 0 Å². The quantitative estimate of drug-likeness (QED) is 0.606. The average molecular weight is 232 g/mol. The topological polar surface area (TPSA) is 72.2 Å². The Bertz CT molecular complexity index is 490. The van der Waals surface area contributed by atoms with Gasteiger partial charge in [0.25, 0.3) is 0 Å². The molecule has 3 N–H and O–H groups in total. The van der Waals surface area contributed by atoms with Gasteiger partial charge in [-0.15, -0.1) is 0 Å². The van der Waals surface area contributed by atoms with Gasteiger partial charge < -0.3 is 11.1 Å². The minimum atomic E-state index is -0.547. The highest BCUT2D eigenvalue weighted by Crippen LogP contribution is 2.20. The standard InChI is InChI=1S/C13H16N2O2/c1-8-4-5-11(9(2)6-8)12(15-7-16)10(3)13(14)17/h4-7H,1-3H3,(H2,14,17)(H,15,16)/b12-10-. The Labute approximate surface area is 101 Å². The Morgan fingerprint density at radius 2 is 2.00 bits per heavy atom. The van der Waals surface area contributed by atoms with Gasteiger partial charge >= 0.3 is 0 Å². The first kappa shape index (κ1) is 13.0. The van der Waals surface area contributed by atoms with Crippen molar-refractivity contribution in [3.63, 3.8) is 0 Å². The molecule has 0 aliphatic rings. The molecule has 0 aromatic heterocycles. The van der Waals surface area contributed by atoms with Crippen molar-refractivity contribution in [2.45, 2.75) is 20.8 Å². The van der Waals surface area contributed by atoms with E-state index in [1.54, 1.807) is 6.92 Å². The highest BCUT2D eigenvalue weighted by atomic mass is 16.1. The van der Waals surface area contributed by atoms with Crippen LogP contribution in [0.25, 0.3) is 5.70 Å². The Balaban J connectivity index is 3.38. The molecular weight excluding hydrogens is 216 g/mol. The van der Waals surface area contributed by atoms with Gasteiger partial charge in [0.05, 0.1) is 5.70 Å². The number of primary amides is 1. The lowest BCUT2D eigenvalue weighted by atomic mass is 10.00. The van der Waals surface area contributed by atoms with Crippen molar-refractivity contribution in [2.75, 3.05) is 0 Å². The van der Waals surface area contributed by atoms with Gasteiger partial charge in [0.1, 0.15) is 0 Å². The molecule has 0 unspecified atom stereocenters. The Morgan fingerprint density at radius 1 is 1.35 bits per heavy atom. The van der Waals surface area contributed by atoms with Crippen molar-refractivity contribution in [1.29, 1.82) is 0 Å². The van der Waals surface area contributed by atoms with Gasteiger partial charge in [0, 0.05) is 11.1 Å². The van der Waals surface area contributed by atoms with E-state index < -0.39 is 5.91 Å². The molecule has 0 fully saturated rings. The normalized spacial score (nSPS) is 11.7. The second-order valence-electron chi connectivity index (χ2n) is 3.94. The molecule has 0 aliphatic carbocycles. The van der Waals surface area contributed by atoms with Gasteiger partial charge in [-0.2, -0.15) is 0 Å². The zero-order valence-electron chi connectivity index (χ0n) is 10.2. The Kier molecular flexibility index (Phi) is 4.04. The molecule has 1 aromatic carbocycles. The third-order valence-electron chi connectivity index (χ3n) is 2.60. The van der Waals surface area contributed by atoms with Gasteiger partial charge in [-0.3, -0.25) is 9.59 Å². The van der Waals surface area contributed by atoms with Crippen LogP contribution in [0.2, 0.25) is 0 Å². The van der Waals surface area contributed by atoms with E-state index in [0.717, 1.165) is 16.7 Å². The number of nitrogens with two attached hydrogens (primary N) is 1. The number of aryl methyl sites for hydroxylation is 2. The molecule has 0 saturated carbocycles. The van der Waals surface area contributed by atoms with Crippen molar-refractivity contribution in [3.8, 4) is 0 Å². The Hall–Kier alpha value is -2.10. The van der Waals surface area contributed by atoms with E-state index in [1.165, 1.54) is 0 Å². The first-order chi connectivity index (χ1) is 7.97. The van der Waals surface area contributed by atoms with Gasteiger partial charge in [-0.25, -0.2) is 0 Å². The molecule has 0 bridgehead atoms. The zero-order chi connectivity index (χ0) is 13.0. The summed E-state index contributed by atoms with van der Waals surface area (Å²) >= 11 is 0. The maximum Gasteiger partial charge on any atom is 0.246 e. The van der Waals surface area contributed by atoms with Crippen molar-refractivity contribution >= 4 is 18.0 Å². The van der Waals surface area contributed by atoms with Crippen LogP contribution in [0.15, 0.2) is 23.8 Å². The lowest BCUT2D eigenvalue weighted by Crippen LogP contribution is -2.20. The number of rotatable bonds is 4. The number of amides is 2. The van der Waals surface area contributed by atoms with Gasteiger partial charge in [0.15, 0.2) is 0 Å². The molecule has 17 heavy (non-hydrogen) atoms. The maximum absolute atomic E-state index is 11.2. The summed E-state index contributed by atoms with van der Waals surface area (Å²) in [5, 5.41) is 2.54. The molecule has 90 valence electrons. The summed E-state index contributed by atoms with van der Waals surface area (Å²) < 4.78 is 0. The predicted octanol–water partition coefficient (Wildman–Crippen LogP) is 1.27. The maximum atomic E-state index is 11.2. The number of hydrogen-bond acceptors (Lipinski definition) is 2. The van der Waals surface area contributed by atoms with Crippen LogP contribution in [0.5, 0.6) is 0 Å². The molecule has 4 nitrogen and oxygen atoms in total. The SMILES string of the molecule is C/C(C(N)=O)=C(/NC=O)c1ccc(C)cc1C. The molecule has 2 amide bonds. The minimum absolute atomic E-state index is 0.337. The van der Waals surface area contributed by atoms with E-state index in [2.05, 4.69) is 5.32 Å². The highest BCUT2D eigenvalue weighted by molar-refractivity contribution is 6.00. The minimum Gasteiger partial charge on any atom is -0.366 e. The summed E-state index contributed by atoms with van der Waals surface area (Å²) in [6.45, 7) is 5.49. The molecule has 1 aromatic rings. The second kappa shape index (κ2) is 5.30. The predicted molar refractivity (Wildman–Crippen MR) is 66.9 cm³/mol. The molecule has 0 saturated heterocycles. The molecule has 4 heteroatoms. The van der Waals surface area contributed by atoms with Crippen LogP contribution in [-0.2, 0) is 9.59 Å². The molecule has 0 heterocycles. The van der Waals surface area contributed by atoms with E-state index in [1.807, 2.05) is 32.0 Å². The lowest BCUT2D eigenvalue weighted by Gasteiger charge is -2.12. The van der Waals surface area contributed by atoms with Crippen molar-refractivity contribution in [1.82, 2.24) is 5.32 Å². The van der Waals surface area contributed by atoms with E-state index in [4.69, 9.17) is 5.73 Å². The van der Waals surface area contributed by atoms with Crippen molar-refractivity contribution < 1.29 is 9.59 Å². The molecule has 0 aliphatic heterocycles. The fraction of sp³-hybridized carbons (Fsp3) is 0.231. The van der Waals surface area contributed by atoms with Crippen LogP contribution in [0, 0.1) is 13.8 Å². The van der Waals surface area contributed by atoms with Gasteiger partial charge in [-0.1, -0.05) is 23.8 Å².